The summed E-state index contributed by atoms with van der Waals surface area (Å²) in [5, 5.41) is 9.40. The number of hydrogen-bond donors (Lipinski definition) is 0. The molecule has 0 radical (unpaired) electrons. The second-order valence-electron chi connectivity index (χ2n) is 5.90. The Morgan fingerprint density at radius 1 is 1.35 bits per heavy atom. The number of benzene rings is 1. The van der Waals surface area contributed by atoms with Crippen molar-refractivity contribution in [3.63, 3.8) is 0 Å². The van der Waals surface area contributed by atoms with E-state index in [0.29, 0.717) is 6.04 Å². The van der Waals surface area contributed by atoms with Crippen molar-refractivity contribution >= 4 is 15.9 Å². The minimum atomic E-state index is 0.185. The minimum Gasteiger partial charge on any atom is -0.298 e. The Morgan fingerprint density at radius 2 is 2.10 bits per heavy atom. The Balaban J connectivity index is 2.08. The zero-order valence-electron chi connectivity index (χ0n) is 12.3. The molecule has 1 saturated carbocycles. The molecule has 0 bridgehead atoms. The van der Waals surface area contributed by atoms with Crippen LogP contribution in [0.2, 0.25) is 0 Å². The Morgan fingerprint density at radius 3 is 2.75 bits per heavy atom. The van der Waals surface area contributed by atoms with Crippen molar-refractivity contribution in [2.45, 2.75) is 45.2 Å². The molecular formula is C17H23BrN2. The summed E-state index contributed by atoms with van der Waals surface area (Å²) in [7, 11) is 2.16. The first-order valence-corrected chi connectivity index (χ1v) is 8.28. The fraction of sp³-hybridized carbons (Fsp3) is 0.588. The Labute approximate surface area is 130 Å². The molecule has 1 aromatic carbocycles. The molecular weight excluding hydrogens is 312 g/mol. The first-order chi connectivity index (χ1) is 9.65. The number of hydrogen-bond acceptors (Lipinski definition) is 2. The lowest BCUT2D eigenvalue weighted by Crippen LogP contribution is -2.41. The van der Waals surface area contributed by atoms with Gasteiger partial charge >= 0.3 is 0 Å². The van der Waals surface area contributed by atoms with E-state index in [1.807, 2.05) is 6.07 Å². The van der Waals surface area contributed by atoms with E-state index in [9.17, 15) is 5.26 Å². The van der Waals surface area contributed by atoms with E-state index >= 15 is 0 Å². The molecule has 1 aliphatic carbocycles. The third kappa shape index (κ3) is 3.62. The van der Waals surface area contributed by atoms with Gasteiger partial charge in [-0.2, -0.15) is 5.26 Å². The molecule has 3 unspecified atom stereocenters. The summed E-state index contributed by atoms with van der Waals surface area (Å²) in [6.07, 6.45) is 4.67. The van der Waals surface area contributed by atoms with Crippen LogP contribution in [0.3, 0.4) is 0 Å². The summed E-state index contributed by atoms with van der Waals surface area (Å²) in [6, 6.07) is 11.3. The van der Waals surface area contributed by atoms with Crippen LogP contribution in [-0.2, 0) is 6.54 Å². The van der Waals surface area contributed by atoms with Crippen molar-refractivity contribution in [1.82, 2.24) is 4.90 Å². The van der Waals surface area contributed by atoms with Crippen molar-refractivity contribution in [3.8, 4) is 6.07 Å². The average molecular weight is 335 g/mol. The summed E-state index contributed by atoms with van der Waals surface area (Å²) < 4.78 is 1.16. The van der Waals surface area contributed by atoms with Gasteiger partial charge in [-0.3, -0.25) is 4.90 Å². The van der Waals surface area contributed by atoms with Crippen molar-refractivity contribution in [2.75, 3.05) is 7.05 Å². The Hall–Kier alpha value is -0.850. The van der Waals surface area contributed by atoms with Gasteiger partial charge in [0.15, 0.2) is 0 Å². The van der Waals surface area contributed by atoms with Crippen LogP contribution in [0.15, 0.2) is 28.7 Å². The van der Waals surface area contributed by atoms with Crippen molar-refractivity contribution < 1.29 is 0 Å². The van der Waals surface area contributed by atoms with E-state index in [2.05, 4.69) is 59.1 Å². The Kier molecular flexibility index (Phi) is 5.63. The molecule has 0 saturated heterocycles. The highest BCUT2D eigenvalue weighted by Gasteiger charge is 2.32. The molecule has 108 valence electrons. The molecule has 0 heterocycles. The lowest BCUT2D eigenvalue weighted by atomic mass is 9.77. The normalized spacial score (nSPS) is 26.4. The molecule has 1 aliphatic rings. The van der Waals surface area contributed by atoms with Gasteiger partial charge in [0.2, 0.25) is 0 Å². The lowest BCUT2D eigenvalue weighted by Gasteiger charge is -2.38. The quantitative estimate of drug-likeness (QED) is 0.804. The van der Waals surface area contributed by atoms with Crippen molar-refractivity contribution in [3.05, 3.63) is 34.3 Å². The molecule has 0 aromatic heterocycles. The van der Waals surface area contributed by atoms with E-state index in [0.717, 1.165) is 29.8 Å². The topological polar surface area (TPSA) is 27.0 Å². The predicted octanol–water partition coefficient (Wildman–Crippen LogP) is 4.60. The molecule has 1 fully saturated rings. The third-order valence-electron chi connectivity index (χ3n) is 4.61. The molecule has 2 rings (SSSR count). The Bertz CT molecular complexity index is 480. The van der Waals surface area contributed by atoms with Crippen LogP contribution in [0, 0.1) is 23.2 Å². The maximum Gasteiger partial charge on any atom is 0.0672 e. The lowest BCUT2D eigenvalue weighted by molar-refractivity contribution is 0.118. The first kappa shape index (κ1) is 15.5. The summed E-state index contributed by atoms with van der Waals surface area (Å²) in [5.41, 5.74) is 1.30. The maximum absolute atomic E-state index is 9.40. The monoisotopic (exact) mass is 334 g/mol. The number of nitrogens with zero attached hydrogens (tertiary/aromatic N) is 2. The summed E-state index contributed by atoms with van der Waals surface area (Å²) in [6.45, 7) is 3.17. The molecule has 1 aromatic rings. The standard InChI is InChI=1S/C17H23BrN2/c1-3-13-8-9-14(11-19)17(10-13)20(2)12-15-6-4-5-7-16(15)18/h4-7,13-14,17H,3,8-10,12H2,1-2H3. The third-order valence-corrected chi connectivity index (χ3v) is 5.39. The van der Waals surface area contributed by atoms with Gasteiger partial charge in [-0.05, 0) is 43.9 Å². The van der Waals surface area contributed by atoms with Crippen LogP contribution in [0.25, 0.3) is 0 Å². The first-order valence-electron chi connectivity index (χ1n) is 7.49. The van der Waals surface area contributed by atoms with Crippen LogP contribution in [0.5, 0.6) is 0 Å². The highest BCUT2D eigenvalue weighted by atomic mass is 79.9. The van der Waals surface area contributed by atoms with E-state index in [4.69, 9.17) is 0 Å². The molecule has 3 heteroatoms. The molecule has 0 spiro atoms. The van der Waals surface area contributed by atoms with E-state index in [1.165, 1.54) is 18.4 Å². The molecule has 0 aliphatic heterocycles. The van der Waals surface area contributed by atoms with Gasteiger partial charge in [-0.1, -0.05) is 47.5 Å². The highest BCUT2D eigenvalue weighted by Crippen LogP contribution is 2.34. The predicted molar refractivity (Wildman–Crippen MR) is 86.1 cm³/mol. The highest BCUT2D eigenvalue weighted by molar-refractivity contribution is 9.10. The van der Waals surface area contributed by atoms with Gasteiger partial charge in [0.05, 0.1) is 12.0 Å². The van der Waals surface area contributed by atoms with E-state index in [1.54, 1.807) is 0 Å². The smallest absolute Gasteiger partial charge is 0.0672 e. The second kappa shape index (κ2) is 7.24. The summed E-state index contributed by atoms with van der Waals surface area (Å²) >= 11 is 3.61. The van der Waals surface area contributed by atoms with E-state index in [-0.39, 0.29) is 5.92 Å². The number of nitriles is 1. The van der Waals surface area contributed by atoms with Crippen molar-refractivity contribution in [1.29, 1.82) is 5.26 Å². The van der Waals surface area contributed by atoms with Crippen LogP contribution >= 0.6 is 15.9 Å². The molecule has 0 amide bonds. The van der Waals surface area contributed by atoms with Crippen molar-refractivity contribution in [2.24, 2.45) is 11.8 Å². The molecule has 0 N–H and O–H groups in total. The SMILES string of the molecule is CCC1CCC(C#N)C(N(C)Cc2ccccc2Br)C1. The van der Waals surface area contributed by atoms with Gasteiger partial charge in [-0.25, -0.2) is 0 Å². The maximum atomic E-state index is 9.40. The van der Waals surface area contributed by atoms with E-state index < -0.39 is 0 Å². The van der Waals surface area contributed by atoms with Gasteiger partial charge in [0.25, 0.3) is 0 Å². The molecule has 20 heavy (non-hydrogen) atoms. The van der Waals surface area contributed by atoms with Crippen LogP contribution in [0.4, 0.5) is 0 Å². The zero-order valence-corrected chi connectivity index (χ0v) is 13.9. The molecule has 3 atom stereocenters. The van der Waals surface area contributed by atoms with Gasteiger partial charge < -0.3 is 0 Å². The van der Waals surface area contributed by atoms with Gasteiger partial charge in [-0.15, -0.1) is 0 Å². The number of halogens is 1. The average Bonchev–Trinajstić information content (AvgIpc) is 2.48. The fourth-order valence-corrected chi connectivity index (χ4v) is 3.66. The minimum absolute atomic E-state index is 0.185. The largest absolute Gasteiger partial charge is 0.298 e. The number of rotatable bonds is 4. The summed E-state index contributed by atoms with van der Waals surface area (Å²) in [4.78, 5) is 2.37. The van der Waals surface area contributed by atoms with Crippen LogP contribution < -0.4 is 0 Å². The second-order valence-corrected chi connectivity index (χ2v) is 6.75. The fourth-order valence-electron chi connectivity index (χ4n) is 3.25. The van der Waals surface area contributed by atoms with Crippen LogP contribution in [0.1, 0.15) is 38.2 Å². The zero-order chi connectivity index (χ0) is 14.5. The van der Waals surface area contributed by atoms with Crippen LogP contribution in [-0.4, -0.2) is 18.0 Å². The van der Waals surface area contributed by atoms with Gasteiger partial charge in [0.1, 0.15) is 0 Å². The molecule has 2 nitrogen and oxygen atoms in total. The van der Waals surface area contributed by atoms with Gasteiger partial charge in [0, 0.05) is 17.1 Å². The summed E-state index contributed by atoms with van der Waals surface area (Å²) in [5.74, 6) is 0.969.